The van der Waals surface area contributed by atoms with E-state index in [0.29, 0.717) is 11.1 Å². The maximum absolute atomic E-state index is 12.2. The molecule has 1 heterocycles. The molecule has 2 aromatic rings. The lowest BCUT2D eigenvalue weighted by atomic mass is 10.1. The monoisotopic (exact) mass is 199 g/mol. The first kappa shape index (κ1) is 9.12. The molecule has 0 spiro atoms. The zero-order chi connectivity index (χ0) is 10.2. The van der Waals surface area contributed by atoms with Crippen LogP contribution in [0.1, 0.15) is 5.56 Å². The number of para-hydroxylation sites is 1. The van der Waals surface area contributed by atoms with Crippen LogP contribution in [-0.4, -0.2) is 11.2 Å². The average Bonchev–Trinajstić information content (AvgIpc) is 2.49. The van der Waals surface area contributed by atoms with Gasteiger partial charge in [0.05, 0.1) is 6.42 Å². The van der Waals surface area contributed by atoms with Gasteiger partial charge < -0.3 is 4.98 Å². The molecule has 1 N–H and O–H groups in total. The van der Waals surface area contributed by atoms with Crippen molar-refractivity contribution in [1.29, 1.82) is 0 Å². The topological polar surface area (TPSA) is 15.8 Å². The molecule has 0 atom stereocenters. The minimum absolute atomic E-state index is 0.292. The molecule has 1 nitrogen and oxygen atoms in total. The number of hydrogen-bond acceptors (Lipinski definition) is 0. The van der Waals surface area contributed by atoms with Crippen molar-refractivity contribution >= 4 is 10.9 Å². The van der Waals surface area contributed by atoms with E-state index in [-0.39, 0.29) is 0 Å². The number of halogens is 3. The first-order valence-electron chi connectivity index (χ1n) is 4.18. The quantitative estimate of drug-likeness (QED) is 0.725. The number of benzene rings is 1. The van der Waals surface area contributed by atoms with Crippen LogP contribution in [0.25, 0.3) is 10.9 Å². The van der Waals surface area contributed by atoms with Gasteiger partial charge in [-0.3, -0.25) is 0 Å². The summed E-state index contributed by atoms with van der Waals surface area (Å²) in [5.41, 5.74) is 0.866. The highest BCUT2D eigenvalue weighted by Gasteiger charge is 2.28. The highest BCUT2D eigenvalue weighted by Crippen LogP contribution is 2.25. The van der Waals surface area contributed by atoms with E-state index in [0.717, 1.165) is 5.39 Å². The molecule has 0 aliphatic carbocycles. The molecular weight excluding hydrogens is 191 g/mol. The summed E-state index contributed by atoms with van der Waals surface area (Å²) in [6, 6.07) is 6.67. The fourth-order valence-electron chi connectivity index (χ4n) is 1.51. The number of aromatic nitrogens is 1. The number of alkyl halides is 3. The summed E-state index contributed by atoms with van der Waals surface area (Å²) in [6.07, 6.45) is -3.39. The molecule has 0 unspecified atom stereocenters. The van der Waals surface area contributed by atoms with Gasteiger partial charge >= 0.3 is 6.18 Å². The van der Waals surface area contributed by atoms with E-state index in [2.05, 4.69) is 4.98 Å². The second kappa shape index (κ2) is 3.04. The molecule has 74 valence electrons. The first-order valence-corrected chi connectivity index (χ1v) is 4.18. The van der Waals surface area contributed by atoms with Crippen molar-refractivity contribution in [3.05, 3.63) is 36.0 Å². The van der Waals surface area contributed by atoms with Gasteiger partial charge in [-0.1, -0.05) is 18.2 Å². The first-order chi connectivity index (χ1) is 6.56. The van der Waals surface area contributed by atoms with Crippen molar-refractivity contribution in [3.63, 3.8) is 0 Å². The summed E-state index contributed by atoms with van der Waals surface area (Å²) in [4.78, 5) is 2.81. The average molecular weight is 199 g/mol. The summed E-state index contributed by atoms with van der Waals surface area (Å²) in [6.45, 7) is 0. The van der Waals surface area contributed by atoms with Gasteiger partial charge in [0.2, 0.25) is 0 Å². The fraction of sp³-hybridized carbons (Fsp3) is 0.200. The second-order valence-corrected chi connectivity index (χ2v) is 3.15. The Kier molecular flexibility index (Phi) is 1.98. The molecule has 0 radical (unpaired) electrons. The third-order valence-electron chi connectivity index (χ3n) is 2.06. The van der Waals surface area contributed by atoms with E-state index in [1.165, 1.54) is 6.07 Å². The van der Waals surface area contributed by atoms with Gasteiger partial charge in [-0.25, -0.2) is 0 Å². The van der Waals surface area contributed by atoms with E-state index >= 15 is 0 Å². The predicted octanol–water partition coefficient (Wildman–Crippen LogP) is 3.27. The van der Waals surface area contributed by atoms with Crippen LogP contribution < -0.4 is 0 Å². The third-order valence-corrected chi connectivity index (χ3v) is 2.06. The highest BCUT2D eigenvalue weighted by atomic mass is 19.4. The van der Waals surface area contributed by atoms with Crippen LogP contribution >= 0.6 is 0 Å². The molecule has 4 heteroatoms. The van der Waals surface area contributed by atoms with E-state index in [4.69, 9.17) is 0 Å². The Morgan fingerprint density at radius 1 is 1.14 bits per heavy atom. The van der Waals surface area contributed by atoms with Crippen LogP contribution in [0, 0.1) is 0 Å². The maximum atomic E-state index is 12.2. The summed E-state index contributed by atoms with van der Waals surface area (Å²) in [7, 11) is 0. The molecule has 2 rings (SSSR count). The fourth-order valence-corrected chi connectivity index (χ4v) is 1.51. The van der Waals surface area contributed by atoms with Crippen LogP contribution in [0.15, 0.2) is 30.5 Å². The number of fused-ring (bicyclic) bond motifs is 1. The minimum atomic E-state index is -4.15. The Morgan fingerprint density at radius 3 is 2.64 bits per heavy atom. The van der Waals surface area contributed by atoms with E-state index in [1.807, 2.05) is 0 Å². The smallest absolute Gasteiger partial charge is 0.361 e. The summed E-state index contributed by atoms with van der Waals surface area (Å²) in [5, 5.41) is 0.812. The zero-order valence-electron chi connectivity index (χ0n) is 7.23. The van der Waals surface area contributed by atoms with Gasteiger partial charge in [-0.05, 0) is 17.0 Å². The Balaban J connectivity index is 2.46. The van der Waals surface area contributed by atoms with Gasteiger partial charge in [0, 0.05) is 11.7 Å². The third kappa shape index (κ3) is 1.73. The predicted molar refractivity (Wildman–Crippen MR) is 48.1 cm³/mol. The molecule has 0 aliphatic heterocycles. The van der Waals surface area contributed by atoms with Crippen LogP contribution in [0.4, 0.5) is 13.2 Å². The molecule has 1 aromatic heterocycles. The molecule has 0 aliphatic rings. The Hall–Kier alpha value is -1.45. The van der Waals surface area contributed by atoms with Gasteiger partial charge in [-0.2, -0.15) is 13.2 Å². The van der Waals surface area contributed by atoms with Crippen LogP contribution in [0.2, 0.25) is 0 Å². The summed E-state index contributed by atoms with van der Waals surface area (Å²) in [5.74, 6) is 0. The second-order valence-electron chi connectivity index (χ2n) is 3.15. The lowest BCUT2D eigenvalue weighted by molar-refractivity contribution is -0.127. The Labute approximate surface area is 78.5 Å². The molecule has 0 bridgehead atoms. The zero-order valence-corrected chi connectivity index (χ0v) is 7.23. The van der Waals surface area contributed by atoms with Crippen LogP contribution in [0.5, 0.6) is 0 Å². The number of nitrogens with one attached hydrogen (secondary N) is 1. The van der Waals surface area contributed by atoms with Gasteiger partial charge in [0.1, 0.15) is 0 Å². The lowest BCUT2D eigenvalue weighted by Crippen LogP contribution is -2.11. The molecule has 0 fully saturated rings. The van der Waals surface area contributed by atoms with Crippen molar-refractivity contribution in [2.24, 2.45) is 0 Å². The Bertz CT molecular complexity index is 442. The van der Waals surface area contributed by atoms with Crippen LogP contribution in [-0.2, 0) is 6.42 Å². The lowest BCUT2D eigenvalue weighted by Gasteiger charge is -2.06. The number of H-pyrrole nitrogens is 1. The Morgan fingerprint density at radius 2 is 1.93 bits per heavy atom. The molecule has 1 aromatic carbocycles. The normalized spacial score (nSPS) is 12.2. The molecule has 14 heavy (non-hydrogen) atoms. The standard InChI is InChI=1S/C10H8F3N/c11-10(12,13)6-8-3-1-2-7-4-5-14-9(7)8/h1-5,14H,6H2. The van der Waals surface area contributed by atoms with E-state index in [1.54, 1.807) is 24.4 Å². The van der Waals surface area contributed by atoms with Crippen molar-refractivity contribution in [2.45, 2.75) is 12.6 Å². The molecule has 0 saturated heterocycles. The molecular formula is C10H8F3N. The van der Waals surface area contributed by atoms with Crippen LogP contribution in [0.3, 0.4) is 0 Å². The number of aromatic amines is 1. The van der Waals surface area contributed by atoms with Crippen molar-refractivity contribution in [2.75, 3.05) is 0 Å². The van der Waals surface area contributed by atoms with E-state index in [9.17, 15) is 13.2 Å². The summed E-state index contributed by atoms with van der Waals surface area (Å²) < 4.78 is 36.5. The largest absolute Gasteiger partial charge is 0.393 e. The summed E-state index contributed by atoms with van der Waals surface area (Å²) >= 11 is 0. The van der Waals surface area contributed by atoms with E-state index < -0.39 is 12.6 Å². The number of hydrogen-bond donors (Lipinski definition) is 1. The van der Waals surface area contributed by atoms with Crippen molar-refractivity contribution in [1.82, 2.24) is 4.98 Å². The van der Waals surface area contributed by atoms with Gasteiger partial charge in [0.15, 0.2) is 0 Å². The highest BCUT2D eigenvalue weighted by molar-refractivity contribution is 5.82. The van der Waals surface area contributed by atoms with Crippen molar-refractivity contribution in [3.8, 4) is 0 Å². The maximum Gasteiger partial charge on any atom is 0.393 e. The SMILES string of the molecule is FC(F)(F)Cc1cccc2cc[nH]c12. The van der Waals surface area contributed by atoms with Crippen molar-refractivity contribution < 1.29 is 13.2 Å². The minimum Gasteiger partial charge on any atom is -0.361 e. The molecule has 0 amide bonds. The van der Waals surface area contributed by atoms with Gasteiger partial charge in [-0.15, -0.1) is 0 Å². The molecule has 0 saturated carbocycles. The van der Waals surface area contributed by atoms with Gasteiger partial charge in [0.25, 0.3) is 0 Å². The number of rotatable bonds is 1.